The van der Waals surface area contributed by atoms with E-state index in [2.05, 4.69) is 5.32 Å². The zero-order chi connectivity index (χ0) is 14.6. The number of hydrogen-bond donors (Lipinski definition) is 2. The third kappa shape index (κ3) is 3.23. The number of nitrogens with zero attached hydrogens (tertiary/aromatic N) is 1. The summed E-state index contributed by atoms with van der Waals surface area (Å²) in [6.45, 7) is 0.423. The number of rotatable bonds is 3. The van der Waals surface area contributed by atoms with Gasteiger partial charge in [-0.1, -0.05) is 25.7 Å². The van der Waals surface area contributed by atoms with Crippen molar-refractivity contribution in [3.05, 3.63) is 0 Å². The van der Waals surface area contributed by atoms with Gasteiger partial charge < -0.3 is 20.1 Å². The molecule has 1 aliphatic heterocycles. The average Bonchev–Trinajstić information content (AvgIpc) is 2.74. The van der Waals surface area contributed by atoms with Gasteiger partial charge in [-0.3, -0.25) is 0 Å². The standard InChI is InChI=1S/C14H24N2O4/c1-16(11-6-4-2-3-5-7-11)13(19)15-14(12(17)18)8-9-20-10-14/h11H,2-10H2,1H3,(H,15,19)(H,17,18). The van der Waals surface area contributed by atoms with Gasteiger partial charge in [-0.15, -0.1) is 0 Å². The molecule has 1 heterocycles. The van der Waals surface area contributed by atoms with Crippen LogP contribution in [0.25, 0.3) is 0 Å². The maximum Gasteiger partial charge on any atom is 0.332 e. The molecule has 2 aliphatic rings. The highest BCUT2D eigenvalue weighted by molar-refractivity contribution is 5.86. The Balaban J connectivity index is 1.97. The first-order chi connectivity index (χ1) is 9.55. The van der Waals surface area contributed by atoms with Crippen LogP contribution in [0.15, 0.2) is 0 Å². The molecule has 6 nitrogen and oxygen atoms in total. The lowest BCUT2D eigenvalue weighted by atomic mass is 9.99. The number of carbonyl (C=O) groups is 2. The average molecular weight is 284 g/mol. The minimum atomic E-state index is -1.25. The first kappa shape index (κ1) is 15.1. The van der Waals surface area contributed by atoms with Gasteiger partial charge in [0.1, 0.15) is 0 Å². The summed E-state index contributed by atoms with van der Waals surface area (Å²) in [5, 5.41) is 12.0. The van der Waals surface area contributed by atoms with E-state index in [1.807, 2.05) is 0 Å². The summed E-state index contributed by atoms with van der Waals surface area (Å²) in [5.74, 6) is -1.02. The number of hydrogen-bond acceptors (Lipinski definition) is 3. The highest BCUT2D eigenvalue weighted by Crippen LogP contribution is 2.23. The third-order valence-electron chi connectivity index (χ3n) is 4.47. The van der Waals surface area contributed by atoms with E-state index in [1.165, 1.54) is 12.8 Å². The molecule has 2 fully saturated rings. The molecule has 1 aliphatic carbocycles. The Labute approximate surface area is 119 Å². The maximum absolute atomic E-state index is 12.3. The number of carbonyl (C=O) groups excluding carboxylic acids is 1. The smallest absolute Gasteiger partial charge is 0.332 e. The summed E-state index contributed by atoms with van der Waals surface area (Å²) < 4.78 is 5.15. The van der Waals surface area contributed by atoms with Gasteiger partial charge in [0, 0.05) is 26.1 Å². The van der Waals surface area contributed by atoms with Crippen molar-refractivity contribution in [1.82, 2.24) is 10.2 Å². The highest BCUT2D eigenvalue weighted by Gasteiger charge is 2.44. The molecule has 0 spiro atoms. The second-order valence-corrected chi connectivity index (χ2v) is 5.88. The quantitative estimate of drug-likeness (QED) is 0.771. The van der Waals surface area contributed by atoms with Gasteiger partial charge in [-0.25, -0.2) is 9.59 Å². The van der Waals surface area contributed by atoms with E-state index in [0.29, 0.717) is 13.0 Å². The van der Waals surface area contributed by atoms with Gasteiger partial charge >= 0.3 is 12.0 Å². The molecule has 1 saturated carbocycles. The Kier molecular flexibility index (Phi) is 4.86. The molecular formula is C14H24N2O4. The molecule has 2 amide bonds. The molecule has 0 bridgehead atoms. The van der Waals surface area contributed by atoms with Crippen LogP contribution in [-0.2, 0) is 9.53 Å². The summed E-state index contributed by atoms with van der Waals surface area (Å²) >= 11 is 0. The van der Waals surface area contributed by atoms with Crippen LogP contribution in [0.1, 0.15) is 44.9 Å². The molecule has 114 valence electrons. The van der Waals surface area contributed by atoms with E-state index in [1.54, 1.807) is 11.9 Å². The lowest BCUT2D eigenvalue weighted by Crippen LogP contribution is -2.59. The molecule has 1 saturated heterocycles. The molecule has 0 aromatic carbocycles. The van der Waals surface area contributed by atoms with Crippen molar-refractivity contribution in [1.29, 1.82) is 0 Å². The Morgan fingerprint density at radius 3 is 2.40 bits per heavy atom. The Morgan fingerprint density at radius 2 is 1.90 bits per heavy atom. The number of ether oxygens (including phenoxy) is 1. The van der Waals surface area contributed by atoms with Crippen LogP contribution in [0.2, 0.25) is 0 Å². The van der Waals surface area contributed by atoms with Crippen molar-refractivity contribution >= 4 is 12.0 Å². The van der Waals surface area contributed by atoms with E-state index < -0.39 is 11.5 Å². The lowest BCUT2D eigenvalue weighted by Gasteiger charge is -2.31. The SMILES string of the molecule is CN(C(=O)NC1(C(=O)O)CCOC1)C1CCCCCC1. The molecule has 0 aromatic heterocycles. The summed E-state index contributed by atoms with van der Waals surface area (Å²) in [4.78, 5) is 25.4. The van der Waals surface area contributed by atoms with Crippen LogP contribution in [0.4, 0.5) is 4.79 Å². The Morgan fingerprint density at radius 1 is 1.25 bits per heavy atom. The molecular weight excluding hydrogens is 260 g/mol. The van der Waals surface area contributed by atoms with Crippen molar-refractivity contribution in [3.63, 3.8) is 0 Å². The summed E-state index contributed by atoms with van der Waals surface area (Å²) in [6.07, 6.45) is 7.04. The van der Waals surface area contributed by atoms with Crippen LogP contribution < -0.4 is 5.32 Å². The number of nitrogens with one attached hydrogen (secondary N) is 1. The molecule has 1 atom stereocenters. The fraction of sp³-hybridized carbons (Fsp3) is 0.857. The first-order valence-electron chi connectivity index (χ1n) is 7.41. The fourth-order valence-electron chi connectivity index (χ4n) is 2.99. The predicted molar refractivity (Wildman–Crippen MR) is 73.6 cm³/mol. The molecule has 1 unspecified atom stereocenters. The van der Waals surface area contributed by atoms with E-state index in [-0.39, 0.29) is 18.7 Å². The molecule has 0 aromatic rings. The Hall–Kier alpha value is -1.30. The molecule has 2 rings (SSSR count). The van der Waals surface area contributed by atoms with Gasteiger partial charge in [-0.05, 0) is 12.8 Å². The Bertz CT molecular complexity index is 358. The number of urea groups is 1. The van der Waals surface area contributed by atoms with Crippen molar-refractivity contribution in [3.8, 4) is 0 Å². The first-order valence-corrected chi connectivity index (χ1v) is 7.41. The van der Waals surface area contributed by atoms with Gasteiger partial charge in [0.2, 0.25) is 0 Å². The molecule has 2 N–H and O–H groups in total. The van der Waals surface area contributed by atoms with Crippen LogP contribution in [0.3, 0.4) is 0 Å². The normalized spacial score (nSPS) is 27.9. The van der Waals surface area contributed by atoms with E-state index in [9.17, 15) is 14.7 Å². The zero-order valence-corrected chi connectivity index (χ0v) is 12.1. The number of aliphatic carboxylic acids is 1. The van der Waals surface area contributed by atoms with Gasteiger partial charge in [0.15, 0.2) is 5.54 Å². The summed E-state index contributed by atoms with van der Waals surface area (Å²) in [5.41, 5.74) is -1.25. The maximum atomic E-state index is 12.3. The van der Waals surface area contributed by atoms with Gasteiger partial charge in [-0.2, -0.15) is 0 Å². The number of amides is 2. The molecule has 6 heteroatoms. The summed E-state index contributed by atoms with van der Waals surface area (Å²) in [7, 11) is 1.76. The number of carboxylic acids is 1. The zero-order valence-electron chi connectivity index (χ0n) is 12.1. The monoisotopic (exact) mass is 284 g/mol. The van der Waals surface area contributed by atoms with E-state index in [0.717, 1.165) is 25.7 Å². The molecule has 20 heavy (non-hydrogen) atoms. The topological polar surface area (TPSA) is 78.9 Å². The van der Waals surface area contributed by atoms with Crippen LogP contribution in [0, 0.1) is 0 Å². The van der Waals surface area contributed by atoms with Crippen LogP contribution in [0.5, 0.6) is 0 Å². The second-order valence-electron chi connectivity index (χ2n) is 5.88. The summed E-state index contributed by atoms with van der Waals surface area (Å²) in [6, 6.07) is -0.0875. The van der Waals surface area contributed by atoms with Crippen molar-refractivity contribution in [2.24, 2.45) is 0 Å². The van der Waals surface area contributed by atoms with Crippen LogP contribution in [-0.4, -0.2) is 53.8 Å². The van der Waals surface area contributed by atoms with Crippen molar-refractivity contribution < 1.29 is 19.4 Å². The van der Waals surface area contributed by atoms with Crippen molar-refractivity contribution in [2.75, 3.05) is 20.3 Å². The minimum absolute atomic E-state index is 0.0482. The van der Waals surface area contributed by atoms with E-state index in [4.69, 9.17) is 4.74 Å². The van der Waals surface area contributed by atoms with Gasteiger partial charge in [0.25, 0.3) is 0 Å². The lowest BCUT2D eigenvalue weighted by molar-refractivity contribution is -0.144. The molecule has 0 radical (unpaired) electrons. The minimum Gasteiger partial charge on any atom is -0.479 e. The predicted octanol–water partition coefficient (Wildman–Crippen LogP) is 1.59. The van der Waals surface area contributed by atoms with Gasteiger partial charge in [0.05, 0.1) is 6.61 Å². The largest absolute Gasteiger partial charge is 0.479 e. The highest BCUT2D eigenvalue weighted by atomic mass is 16.5. The fourth-order valence-corrected chi connectivity index (χ4v) is 2.99. The van der Waals surface area contributed by atoms with Crippen LogP contribution >= 0.6 is 0 Å². The number of carboxylic acid groups (broad SMARTS) is 1. The second kappa shape index (κ2) is 6.43. The van der Waals surface area contributed by atoms with Crippen molar-refractivity contribution in [2.45, 2.75) is 56.5 Å². The van der Waals surface area contributed by atoms with E-state index >= 15 is 0 Å². The third-order valence-corrected chi connectivity index (χ3v) is 4.47.